The van der Waals surface area contributed by atoms with Gasteiger partial charge in [-0.05, 0) is 45.9 Å². The molecule has 9 nitrogen and oxygen atoms in total. The molecule has 1 amide bonds. The molecule has 0 saturated carbocycles. The van der Waals surface area contributed by atoms with Crippen molar-refractivity contribution < 1.29 is 14.5 Å². The summed E-state index contributed by atoms with van der Waals surface area (Å²) in [6.45, 7) is 10.3. The fraction of sp³-hybridized carbons (Fsp3) is 0.524. The van der Waals surface area contributed by atoms with Crippen molar-refractivity contribution in [3.8, 4) is 0 Å². The van der Waals surface area contributed by atoms with Crippen LogP contribution in [0.15, 0.2) is 30.6 Å². The fourth-order valence-corrected chi connectivity index (χ4v) is 3.49. The highest BCUT2D eigenvalue weighted by Crippen LogP contribution is 2.30. The molecule has 30 heavy (non-hydrogen) atoms. The zero-order valence-electron chi connectivity index (χ0n) is 17.8. The summed E-state index contributed by atoms with van der Waals surface area (Å²) in [7, 11) is 0. The summed E-state index contributed by atoms with van der Waals surface area (Å²) in [6, 6.07) is 5.06. The summed E-state index contributed by atoms with van der Waals surface area (Å²) in [6.07, 6.45) is 3.85. The van der Waals surface area contributed by atoms with Crippen LogP contribution in [0.25, 0.3) is 10.8 Å². The van der Waals surface area contributed by atoms with E-state index in [4.69, 9.17) is 4.74 Å². The SMILES string of the molecule is CC(C)(C)OC(=O)N1CCN(CCCNc2ccc([N+](=O)[O-])c3cnccc23)CC1. The molecule has 1 N–H and O–H groups in total. The van der Waals surface area contributed by atoms with Crippen LogP contribution < -0.4 is 5.32 Å². The average molecular weight is 415 g/mol. The maximum Gasteiger partial charge on any atom is 0.410 e. The van der Waals surface area contributed by atoms with Gasteiger partial charge < -0.3 is 15.0 Å². The Kier molecular flexibility index (Phi) is 6.71. The summed E-state index contributed by atoms with van der Waals surface area (Å²) in [4.78, 5) is 31.1. The third-order valence-corrected chi connectivity index (χ3v) is 4.98. The van der Waals surface area contributed by atoms with Gasteiger partial charge in [-0.25, -0.2) is 4.79 Å². The number of benzene rings is 1. The average Bonchev–Trinajstić information content (AvgIpc) is 2.70. The number of piperazine rings is 1. The van der Waals surface area contributed by atoms with Gasteiger partial charge in [0.15, 0.2) is 0 Å². The minimum absolute atomic E-state index is 0.0616. The van der Waals surface area contributed by atoms with Crippen LogP contribution in [-0.2, 0) is 4.74 Å². The Hall–Kier alpha value is -2.94. The van der Waals surface area contributed by atoms with Gasteiger partial charge >= 0.3 is 6.09 Å². The van der Waals surface area contributed by atoms with Crippen LogP contribution in [-0.4, -0.2) is 70.7 Å². The Bertz CT molecular complexity index is 904. The Morgan fingerprint density at radius 3 is 2.60 bits per heavy atom. The van der Waals surface area contributed by atoms with Crippen molar-refractivity contribution in [1.29, 1.82) is 0 Å². The van der Waals surface area contributed by atoms with Gasteiger partial charge in [-0.15, -0.1) is 0 Å². The monoisotopic (exact) mass is 415 g/mol. The molecular weight excluding hydrogens is 386 g/mol. The molecule has 3 rings (SSSR count). The molecule has 2 aromatic rings. The maximum atomic E-state index is 12.1. The van der Waals surface area contributed by atoms with Crippen molar-refractivity contribution >= 4 is 28.2 Å². The topological polar surface area (TPSA) is 101 Å². The Morgan fingerprint density at radius 1 is 1.20 bits per heavy atom. The van der Waals surface area contributed by atoms with E-state index in [1.807, 2.05) is 20.8 Å². The van der Waals surface area contributed by atoms with E-state index in [0.717, 1.165) is 43.7 Å². The summed E-state index contributed by atoms with van der Waals surface area (Å²) >= 11 is 0. The minimum Gasteiger partial charge on any atom is -0.444 e. The molecular formula is C21H29N5O4. The number of anilines is 1. The van der Waals surface area contributed by atoms with Gasteiger partial charge in [-0.3, -0.25) is 20.0 Å². The largest absolute Gasteiger partial charge is 0.444 e. The Balaban J connectivity index is 1.46. The van der Waals surface area contributed by atoms with Crippen LogP contribution in [0.2, 0.25) is 0 Å². The second-order valence-electron chi connectivity index (χ2n) is 8.40. The number of nitro groups is 1. The van der Waals surface area contributed by atoms with Crippen LogP contribution in [0.5, 0.6) is 0 Å². The molecule has 1 aliphatic heterocycles. The zero-order chi connectivity index (χ0) is 21.7. The summed E-state index contributed by atoms with van der Waals surface area (Å²) in [5, 5.41) is 15.9. The number of nitrogens with one attached hydrogen (secondary N) is 1. The summed E-state index contributed by atoms with van der Waals surface area (Å²) in [5.41, 5.74) is 0.456. The normalized spacial score (nSPS) is 15.2. The van der Waals surface area contributed by atoms with Crippen LogP contribution in [0.3, 0.4) is 0 Å². The highest BCUT2D eigenvalue weighted by Gasteiger charge is 2.25. The lowest BCUT2D eigenvalue weighted by Crippen LogP contribution is -2.50. The lowest BCUT2D eigenvalue weighted by molar-refractivity contribution is -0.383. The first-order valence-corrected chi connectivity index (χ1v) is 10.2. The number of rotatable bonds is 6. The van der Waals surface area contributed by atoms with Crippen molar-refractivity contribution in [2.75, 3.05) is 44.6 Å². The Morgan fingerprint density at radius 2 is 1.93 bits per heavy atom. The fourth-order valence-electron chi connectivity index (χ4n) is 3.49. The van der Waals surface area contributed by atoms with Crippen LogP contribution in [0.1, 0.15) is 27.2 Å². The first-order valence-electron chi connectivity index (χ1n) is 10.2. The maximum absolute atomic E-state index is 12.1. The van der Waals surface area contributed by atoms with Gasteiger partial charge in [0, 0.05) is 62.3 Å². The van der Waals surface area contributed by atoms with Crippen LogP contribution in [0.4, 0.5) is 16.2 Å². The van der Waals surface area contributed by atoms with Gasteiger partial charge in [0.1, 0.15) is 5.60 Å². The second-order valence-corrected chi connectivity index (χ2v) is 8.40. The third kappa shape index (κ3) is 5.56. The molecule has 1 aliphatic rings. The number of hydrogen-bond acceptors (Lipinski definition) is 7. The van der Waals surface area contributed by atoms with E-state index in [9.17, 15) is 14.9 Å². The van der Waals surface area contributed by atoms with E-state index in [-0.39, 0.29) is 16.7 Å². The molecule has 1 aromatic carbocycles. The number of aromatic nitrogens is 1. The minimum atomic E-state index is -0.474. The molecule has 162 valence electrons. The molecule has 0 unspecified atom stereocenters. The lowest BCUT2D eigenvalue weighted by Gasteiger charge is -2.35. The van der Waals surface area contributed by atoms with E-state index < -0.39 is 5.60 Å². The van der Waals surface area contributed by atoms with E-state index in [1.54, 1.807) is 23.2 Å². The van der Waals surface area contributed by atoms with Gasteiger partial charge in [0.25, 0.3) is 5.69 Å². The predicted molar refractivity (Wildman–Crippen MR) is 116 cm³/mol. The number of ether oxygens (including phenoxy) is 1. The second kappa shape index (κ2) is 9.25. The number of carbonyl (C=O) groups excluding carboxylic acids is 1. The number of fused-ring (bicyclic) bond motifs is 1. The summed E-state index contributed by atoms with van der Waals surface area (Å²) < 4.78 is 5.43. The van der Waals surface area contributed by atoms with Crippen LogP contribution in [0, 0.1) is 10.1 Å². The number of hydrogen-bond donors (Lipinski definition) is 1. The molecule has 1 saturated heterocycles. The van der Waals surface area contributed by atoms with Gasteiger partial charge in [-0.2, -0.15) is 0 Å². The van der Waals surface area contributed by atoms with E-state index in [2.05, 4.69) is 15.2 Å². The van der Waals surface area contributed by atoms with Gasteiger partial charge in [0.05, 0.1) is 10.3 Å². The van der Waals surface area contributed by atoms with Crippen LogP contribution >= 0.6 is 0 Å². The summed E-state index contributed by atoms with van der Waals surface area (Å²) in [5.74, 6) is 0. The lowest BCUT2D eigenvalue weighted by atomic mass is 10.1. The highest BCUT2D eigenvalue weighted by molar-refractivity contribution is 5.99. The number of nitro benzene ring substituents is 1. The molecule has 9 heteroatoms. The molecule has 0 spiro atoms. The number of pyridine rings is 1. The molecule has 0 atom stereocenters. The first-order chi connectivity index (χ1) is 14.2. The van der Waals surface area contributed by atoms with Crippen molar-refractivity contribution in [2.45, 2.75) is 32.8 Å². The number of amides is 1. The molecule has 0 radical (unpaired) electrons. The molecule has 1 aromatic heterocycles. The number of non-ortho nitro benzene ring substituents is 1. The quantitative estimate of drug-likeness (QED) is 0.438. The molecule has 0 bridgehead atoms. The molecule has 0 aliphatic carbocycles. The smallest absolute Gasteiger partial charge is 0.410 e. The molecule has 1 fully saturated rings. The highest BCUT2D eigenvalue weighted by atomic mass is 16.6. The molecule has 2 heterocycles. The number of carbonyl (C=O) groups is 1. The first kappa shape index (κ1) is 21.8. The predicted octanol–water partition coefficient (Wildman–Crippen LogP) is 3.50. The van der Waals surface area contributed by atoms with E-state index in [0.29, 0.717) is 18.5 Å². The van der Waals surface area contributed by atoms with E-state index in [1.165, 1.54) is 12.3 Å². The standard InChI is InChI=1S/C21H29N5O4/c1-21(2,3)30-20(27)25-13-11-24(12-14-25)10-4-8-23-18-5-6-19(26(28)29)17-15-22-9-7-16(17)18/h5-7,9,15,23H,4,8,10-14H2,1-3H3. The van der Waals surface area contributed by atoms with Crippen molar-refractivity contribution in [3.05, 3.63) is 40.7 Å². The van der Waals surface area contributed by atoms with Crippen molar-refractivity contribution in [2.24, 2.45) is 0 Å². The van der Waals surface area contributed by atoms with Crippen molar-refractivity contribution in [3.63, 3.8) is 0 Å². The Labute approximate surface area is 176 Å². The third-order valence-electron chi connectivity index (χ3n) is 4.98. The van der Waals surface area contributed by atoms with E-state index >= 15 is 0 Å². The zero-order valence-corrected chi connectivity index (χ0v) is 17.8. The number of nitrogens with zero attached hydrogens (tertiary/aromatic N) is 4. The van der Waals surface area contributed by atoms with Gasteiger partial charge in [-0.1, -0.05) is 0 Å². The van der Waals surface area contributed by atoms with Gasteiger partial charge in [0.2, 0.25) is 0 Å². The van der Waals surface area contributed by atoms with Crippen molar-refractivity contribution in [1.82, 2.24) is 14.8 Å².